The summed E-state index contributed by atoms with van der Waals surface area (Å²) in [6.45, 7) is 42.5. The quantitative estimate of drug-likeness (QED) is 0.0492. The van der Waals surface area contributed by atoms with Crippen molar-refractivity contribution in [1.29, 1.82) is 0 Å². The molecule has 0 radical (unpaired) electrons. The SMILES string of the molecule is C.C.C.CC(C)Oc1ccccc1[CH]=[Ru]([Cl])[Cl].CC(C)Oc1ccccc1[CH]=[Ru]([Cl])[Cl].Cc1cc(C)c(N2CCN(c3c(C)cc(C)cc3C)C2C(Cl)(Cl)Cl)c(C)c1.Cc1cc(C)c(N2[CH-]N(c3c(C)cc(C)cc3C)CC2)c(C)c1.c1ccc([PH+](c2ccccc2)N2CCCCC2)cc1. The van der Waals surface area contributed by atoms with Gasteiger partial charge in [0.2, 0.25) is 3.79 Å². The van der Waals surface area contributed by atoms with Crippen LogP contribution < -0.4 is 39.7 Å². The summed E-state index contributed by atoms with van der Waals surface area (Å²) in [5.41, 5.74) is 22.5. The molecule has 3 saturated heterocycles. The zero-order chi connectivity index (χ0) is 70.8. The van der Waals surface area contributed by atoms with Crippen molar-refractivity contribution in [2.45, 2.75) is 174 Å². The topological polar surface area (TPSA) is 34.7 Å². The third kappa shape index (κ3) is 25.6. The molecule has 0 aliphatic carbocycles. The summed E-state index contributed by atoms with van der Waals surface area (Å²) in [6.07, 6.45) is 4.08. The summed E-state index contributed by atoms with van der Waals surface area (Å²) in [7, 11) is 22.5. The Balaban J connectivity index is 0.000000269. The van der Waals surface area contributed by atoms with Gasteiger partial charge in [-0.25, -0.2) is 0 Å². The Morgan fingerprint density at radius 2 is 0.700 bits per heavy atom. The predicted octanol–water partition coefficient (Wildman–Crippen LogP) is 23.8. The molecule has 3 aliphatic heterocycles. The molecule has 0 atom stereocenters. The van der Waals surface area contributed by atoms with Gasteiger partial charge in [-0.2, -0.15) is 11.3 Å². The number of alkyl halides is 3. The minimum atomic E-state index is -1.77. The van der Waals surface area contributed by atoms with Gasteiger partial charge in [0.1, 0.15) is 18.7 Å². The van der Waals surface area contributed by atoms with E-state index >= 15 is 0 Å². The Kier molecular flexibility index (Phi) is 37.3. The molecular formula is C83H111Cl7N5O2PRu2. The molecule has 100 heavy (non-hydrogen) atoms. The zero-order valence-electron chi connectivity index (χ0n) is 59.2. The van der Waals surface area contributed by atoms with Crippen molar-refractivity contribution in [1.82, 2.24) is 4.67 Å². The van der Waals surface area contributed by atoms with Crippen LogP contribution in [0, 0.1) is 89.8 Å². The number of ether oxygens (including phenoxy) is 2. The van der Waals surface area contributed by atoms with Crippen LogP contribution in [0.1, 0.15) is 147 Å². The Hall–Kier alpha value is -4.03. The molecule has 0 unspecified atom stereocenters. The molecule has 0 spiro atoms. The summed E-state index contributed by atoms with van der Waals surface area (Å²) >= 11 is 16.1. The fourth-order valence-electron chi connectivity index (χ4n) is 13.6. The maximum absolute atomic E-state index is 6.55. The maximum Gasteiger partial charge on any atom is 0.228 e. The Labute approximate surface area is 646 Å². The molecule has 3 fully saturated rings. The second-order valence-electron chi connectivity index (χ2n) is 25.9. The van der Waals surface area contributed by atoms with Gasteiger partial charge >= 0.3 is 196 Å². The number of nitrogens with zero attached hydrogens (tertiary/aromatic N) is 5. The van der Waals surface area contributed by atoms with Crippen LogP contribution in [0.15, 0.2) is 158 Å². The first-order valence-corrected chi connectivity index (χ1v) is 46.7. The van der Waals surface area contributed by atoms with Crippen molar-refractivity contribution in [2.24, 2.45) is 0 Å². The molecule has 3 heterocycles. The van der Waals surface area contributed by atoms with E-state index in [0.717, 1.165) is 48.8 Å². The normalized spacial score (nSPS) is 14.0. The molecule has 0 N–H and O–H groups in total. The molecule has 0 saturated carbocycles. The van der Waals surface area contributed by atoms with E-state index in [-0.39, 0.29) is 40.7 Å². The number of halogens is 7. The number of anilines is 4. The minimum Gasteiger partial charge on any atom is -0.502 e. The van der Waals surface area contributed by atoms with Crippen molar-refractivity contribution in [2.75, 3.05) is 58.9 Å². The molecule has 8 aromatic rings. The molecule has 3 aliphatic rings. The van der Waals surface area contributed by atoms with Crippen LogP contribution in [-0.4, -0.2) is 75.3 Å². The number of benzene rings is 8. The molecule has 550 valence electrons. The Morgan fingerprint density at radius 3 is 0.990 bits per heavy atom. The summed E-state index contributed by atoms with van der Waals surface area (Å²) in [4.78, 5) is 9.33. The molecule has 0 bridgehead atoms. The average molecular weight is 1690 g/mol. The van der Waals surface area contributed by atoms with E-state index in [1.807, 2.05) is 85.4 Å². The van der Waals surface area contributed by atoms with Gasteiger partial charge in [-0.1, -0.05) is 171 Å². The molecule has 17 heteroatoms. The van der Waals surface area contributed by atoms with E-state index in [1.54, 1.807) is 0 Å². The van der Waals surface area contributed by atoms with Crippen LogP contribution in [-0.2, 0) is 27.0 Å². The summed E-state index contributed by atoms with van der Waals surface area (Å²) in [5.74, 6) is 1.70. The van der Waals surface area contributed by atoms with Crippen molar-refractivity contribution in [3.8, 4) is 11.5 Å². The summed E-state index contributed by atoms with van der Waals surface area (Å²) < 4.78 is 16.3. The fraction of sp³-hybridized carbons (Fsp3) is 0.386. The monoisotopic (exact) mass is 1690 g/mol. The fourth-order valence-corrected chi connectivity index (χ4v) is 20.8. The summed E-state index contributed by atoms with van der Waals surface area (Å²) in [6, 6.07) is 55.6. The standard InChI is InChI=1S/C22H27Cl3N2.C21H27N2.C17H20NP.2C10H12O.3CH4.4ClH.2Ru/c1-13-9-15(3)19(16(4)10-13)26-7-8-27(21(26)22(23,24)25)20-17(5)11-14(2)12-18(20)6;1-14-9-16(3)20(17(4)10-14)22-7-8-23(13-22)21-18(5)11-15(2)12-19(21)6;1-4-10-16(11-5-1)19(17-12-6-2-7-13-17)18-14-8-3-9-15-18;2*1-8(2)11-10-7-5-4-6-9(10)3;;;;;;;;;/h9-12,21H,7-8H2,1-6H3;9-13H,7-8H2,1-6H3;1-2,4-7,10-13H,3,8-9,14-15H2;2*3-8H,1-2H3;3*1H4;4*1H;;/q;-1;;;;;;;;;;;2*+2/p-3. The number of rotatable bonds is 13. The first-order chi connectivity index (χ1) is 46.0. The van der Waals surface area contributed by atoms with Gasteiger partial charge in [0, 0.05) is 62.0 Å². The average Bonchev–Trinajstić information content (AvgIpc) is 1.57. The van der Waals surface area contributed by atoms with Gasteiger partial charge in [-0.3, -0.25) is 0 Å². The van der Waals surface area contributed by atoms with Gasteiger partial charge in [0.25, 0.3) is 0 Å². The van der Waals surface area contributed by atoms with Crippen LogP contribution in [0.2, 0.25) is 0 Å². The van der Waals surface area contributed by atoms with E-state index in [1.165, 1.54) is 132 Å². The summed E-state index contributed by atoms with van der Waals surface area (Å²) in [5, 5.41) is 3.03. The second-order valence-corrected chi connectivity index (χ2v) is 42.2. The Bertz CT molecular complexity index is 3600. The van der Waals surface area contributed by atoms with E-state index < -0.39 is 38.9 Å². The van der Waals surface area contributed by atoms with E-state index in [0.29, 0.717) is 0 Å². The third-order valence-electron chi connectivity index (χ3n) is 16.7. The molecule has 0 amide bonds. The van der Waals surface area contributed by atoms with Crippen molar-refractivity contribution in [3.63, 3.8) is 0 Å². The maximum atomic E-state index is 6.55. The number of hydrogen-bond donors (Lipinski definition) is 0. The number of hydrogen-bond acceptors (Lipinski definition) is 7. The number of piperidine rings is 1. The molecule has 0 aromatic heterocycles. The van der Waals surface area contributed by atoms with Crippen molar-refractivity contribution in [3.05, 3.63) is 242 Å². The van der Waals surface area contributed by atoms with Crippen molar-refractivity contribution < 1.29 is 36.5 Å². The van der Waals surface area contributed by atoms with Crippen LogP contribution >= 0.6 is 81.6 Å². The second kappa shape index (κ2) is 42.2. The third-order valence-corrected chi connectivity index (χ3v) is 23.8. The van der Waals surface area contributed by atoms with E-state index in [4.69, 9.17) is 83.0 Å². The van der Waals surface area contributed by atoms with Crippen LogP contribution in [0.5, 0.6) is 11.5 Å². The molecule has 8 aromatic carbocycles. The van der Waals surface area contributed by atoms with Gasteiger partial charge in [-0.05, 0) is 165 Å². The van der Waals surface area contributed by atoms with Crippen molar-refractivity contribution >= 4 is 124 Å². The van der Waals surface area contributed by atoms with E-state index in [9.17, 15) is 0 Å². The molecule has 11 rings (SSSR count). The van der Waals surface area contributed by atoms with Gasteiger partial charge in [0.05, 0.1) is 0 Å². The zero-order valence-corrected chi connectivity index (χ0v) is 69.0. The number of aryl methyl sites for hydroxylation is 12. The minimum absolute atomic E-state index is 0. The van der Waals surface area contributed by atoms with E-state index in [2.05, 4.69) is 223 Å². The van der Waals surface area contributed by atoms with Gasteiger partial charge < -0.3 is 19.6 Å². The predicted molar refractivity (Wildman–Crippen MR) is 445 cm³/mol. The first kappa shape index (κ1) is 88.4. The van der Waals surface area contributed by atoms with Crippen LogP contribution in [0.3, 0.4) is 0 Å². The van der Waals surface area contributed by atoms with Crippen LogP contribution in [0.25, 0.3) is 0 Å². The van der Waals surface area contributed by atoms with Gasteiger partial charge in [0.15, 0.2) is 6.17 Å². The van der Waals surface area contributed by atoms with Crippen LogP contribution in [0.4, 0.5) is 22.7 Å². The largest absolute Gasteiger partial charge is 0.502 e. The molecular weight excluding hydrogens is 1580 g/mol. The smallest absolute Gasteiger partial charge is 0.228 e. The Morgan fingerprint density at radius 1 is 0.410 bits per heavy atom. The number of para-hydroxylation sites is 2. The molecule has 7 nitrogen and oxygen atoms in total. The van der Waals surface area contributed by atoms with Gasteiger partial charge in [-0.15, -0.1) is 0 Å². The first-order valence-electron chi connectivity index (χ1n) is 33.2.